The summed E-state index contributed by atoms with van der Waals surface area (Å²) >= 11 is 5.46. The Hall–Kier alpha value is -2.00. The predicted molar refractivity (Wildman–Crippen MR) is 67.7 cm³/mol. The molecule has 0 fully saturated rings. The molecule has 0 aliphatic carbocycles. The third-order valence-electron chi connectivity index (χ3n) is 2.25. The number of hydrogen-bond acceptors (Lipinski definition) is 3. The van der Waals surface area contributed by atoms with Crippen LogP contribution >= 0.6 is 11.6 Å². The highest BCUT2D eigenvalue weighted by Gasteiger charge is 2.12. The minimum absolute atomic E-state index is 0.128. The molecule has 1 aromatic carbocycles. The summed E-state index contributed by atoms with van der Waals surface area (Å²) in [6.45, 7) is 3.56. The van der Waals surface area contributed by atoms with E-state index in [0.717, 1.165) is 5.56 Å². The largest absolute Gasteiger partial charge is 0.274 e. The first kappa shape index (κ1) is 11.5. The molecule has 17 heavy (non-hydrogen) atoms. The number of benzene rings is 1. The highest BCUT2D eigenvalue weighted by molar-refractivity contribution is 6.67. The van der Waals surface area contributed by atoms with Crippen LogP contribution in [0, 0.1) is 0 Å². The van der Waals surface area contributed by atoms with Crippen molar-refractivity contribution in [2.24, 2.45) is 0 Å². The number of carbonyl (C=O) groups is 1. The van der Waals surface area contributed by atoms with Crippen LogP contribution in [0.15, 0.2) is 43.1 Å². The second kappa shape index (κ2) is 4.89. The van der Waals surface area contributed by atoms with Crippen molar-refractivity contribution in [3.63, 3.8) is 0 Å². The Morgan fingerprint density at radius 3 is 2.59 bits per heavy atom. The molecule has 0 amide bonds. The molecule has 1 aromatic heterocycles. The van der Waals surface area contributed by atoms with Gasteiger partial charge in [0.2, 0.25) is 0 Å². The van der Waals surface area contributed by atoms with Gasteiger partial charge in [-0.25, -0.2) is 4.98 Å². The maximum atomic E-state index is 11.2. The SMILES string of the molecule is C=Cc1ncc(-c2ccccc2)nc1C(=O)Cl. The van der Waals surface area contributed by atoms with Crippen LogP contribution in [-0.4, -0.2) is 15.2 Å². The van der Waals surface area contributed by atoms with Gasteiger partial charge < -0.3 is 0 Å². The Bertz CT molecular complexity index is 567. The molecule has 0 aliphatic heterocycles. The van der Waals surface area contributed by atoms with Crippen molar-refractivity contribution in [2.45, 2.75) is 0 Å². The van der Waals surface area contributed by atoms with Gasteiger partial charge in [-0.2, -0.15) is 0 Å². The fraction of sp³-hybridized carbons (Fsp3) is 0. The zero-order valence-electron chi connectivity index (χ0n) is 8.93. The summed E-state index contributed by atoms with van der Waals surface area (Å²) in [5.41, 5.74) is 2.02. The summed E-state index contributed by atoms with van der Waals surface area (Å²) in [4.78, 5) is 19.5. The first-order valence-electron chi connectivity index (χ1n) is 4.97. The lowest BCUT2D eigenvalue weighted by Crippen LogP contribution is -2.02. The van der Waals surface area contributed by atoms with Crippen LogP contribution in [0.4, 0.5) is 0 Å². The van der Waals surface area contributed by atoms with E-state index in [0.29, 0.717) is 11.4 Å². The molecule has 0 N–H and O–H groups in total. The highest BCUT2D eigenvalue weighted by atomic mass is 35.5. The van der Waals surface area contributed by atoms with Crippen molar-refractivity contribution < 1.29 is 4.79 Å². The Balaban J connectivity index is 2.55. The summed E-state index contributed by atoms with van der Waals surface area (Å²) in [6.07, 6.45) is 3.05. The maximum Gasteiger partial charge on any atom is 0.273 e. The lowest BCUT2D eigenvalue weighted by Gasteiger charge is -2.04. The molecule has 0 unspecified atom stereocenters. The van der Waals surface area contributed by atoms with E-state index in [1.807, 2.05) is 30.3 Å². The van der Waals surface area contributed by atoms with Crippen molar-refractivity contribution >= 4 is 22.9 Å². The van der Waals surface area contributed by atoms with Crippen LogP contribution in [0.3, 0.4) is 0 Å². The molecule has 1 heterocycles. The molecule has 0 saturated heterocycles. The quantitative estimate of drug-likeness (QED) is 0.779. The van der Waals surface area contributed by atoms with Gasteiger partial charge in [0.25, 0.3) is 5.24 Å². The van der Waals surface area contributed by atoms with Crippen LogP contribution < -0.4 is 0 Å². The normalized spacial score (nSPS) is 9.94. The Kier molecular flexibility index (Phi) is 3.30. The smallest absolute Gasteiger partial charge is 0.273 e. The van der Waals surface area contributed by atoms with Gasteiger partial charge >= 0.3 is 0 Å². The van der Waals surface area contributed by atoms with Crippen LogP contribution in [0.1, 0.15) is 16.2 Å². The van der Waals surface area contributed by atoms with E-state index in [9.17, 15) is 4.79 Å². The molecule has 0 radical (unpaired) electrons. The molecule has 0 spiro atoms. The van der Waals surface area contributed by atoms with Gasteiger partial charge in [0.1, 0.15) is 5.69 Å². The second-order valence-corrected chi connectivity index (χ2v) is 3.68. The molecule has 0 atom stereocenters. The molecular weight excluding hydrogens is 236 g/mol. The fourth-order valence-electron chi connectivity index (χ4n) is 1.44. The third kappa shape index (κ3) is 2.40. The van der Waals surface area contributed by atoms with E-state index >= 15 is 0 Å². The molecular formula is C13H9ClN2O. The average Bonchev–Trinajstić information content (AvgIpc) is 2.39. The number of aromatic nitrogens is 2. The van der Waals surface area contributed by atoms with E-state index < -0.39 is 5.24 Å². The van der Waals surface area contributed by atoms with E-state index in [1.165, 1.54) is 6.08 Å². The van der Waals surface area contributed by atoms with E-state index in [4.69, 9.17) is 11.6 Å². The van der Waals surface area contributed by atoms with Crippen molar-refractivity contribution in [2.75, 3.05) is 0 Å². The molecule has 2 rings (SSSR count). The van der Waals surface area contributed by atoms with E-state index in [1.54, 1.807) is 6.20 Å². The number of halogens is 1. The predicted octanol–water partition coefficient (Wildman–Crippen LogP) is 3.17. The fourth-order valence-corrected chi connectivity index (χ4v) is 1.58. The molecule has 3 nitrogen and oxygen atoms in total. The molecule has 2 aromatic rings. The summed E-state index contributed by atoms with van der Waals surface area (Å²) in [7, 11) is 0. The molecule has 0 saturated carbocycles. The van der Waals surface area contributed by atoms with E-state index in [-0.39, 0.29) is 5.69 Å². The third-order valence-corrected chi connectivity index (χ3v) is 2.43. The van der Waals surface area contributed by atoms with Gasteiger partial charge in [0.05, 0.1) is 17.6 Å². The van der Waals surface area contributed by atoms with Gasteiger partial charge in [-0.1, -0.05) is 36.9 Å². The van der Waals surface area contributed by atoms with Gasteiger partial charge in [-0.3, -0.25) is 9.78 Å². The minimum Gasteiger partial charge on any atom is -0.274 e. The maximum absolute atomic E-state index is 11.2. The van der Waals surface area contributed by atoms with Gasteiger partial charge in [0.15, 0.2) is 0 Å². The van der Waals surface area contributed by atoms with Crippen LogP contribution in [-0.2, 0) is 0 Å². The Morgan fingerprint density at radius 1 is 1.29 bits per heavy atom. The van der Waals surface area contributed by atoms with Crippen molar-refractivity contribution in [3.05, 3.63) is 54.5 Å². The van der Waals surface area contributed by atoms with Crippen molar-refractivity contribution in [1.29, 1.82) is 0 Å². The van der Waals surface area contributed by atoms with Gasteiger partial charge in [0, 0.05) is 5.56 Å². The van der Waals surface area contributed by atoms with Crippen LogP contribution in [0.2, 0.25) is 0 Å². The molecule has 84 valence electrons. The second-order valence-electron chi connectivity index (χ2n) is 3.33. The average molecular weight is 245 g/mol. The summed E-state index contributed by atoms with van der Waals surface area (Å²) in [6, 6.07) is 9.46. The van der Waals surface area contributed by atoms with Crippen LogP contribution in [0.25, 0.3) is 17.3 Å². The minimum atomic E-state index is -0.634. The molecule has 0 aliphatic rings. The lowest BCUT2D eigenvalue weighted by atomic mass is 10.1. The van der Waals surface area contributed by atoms with E-state index in [2.05, 4.69) is 16.5 Å². The zero-order valence-corrected chi connectivity index (χ0v) is 9.69. The van der Waals surface area contributed by atoms with Gasteiger partial charge in [-0.15, -0.1) is 0 Å². The molecule has 0 bridgehead atoms. The monoisotopic (exact) mass is 244 g/mol. The topological polar surface area (TPSA) is 42.9 Å². The Labute approximate surface area is 104 Å². The first-order chi connectivity index (χ1) is 8.22. The lowest BCUT2D eigenvalue weighted by molar-refractivity contribution is 0.107. The van der Waals surface area contributed by atoms with Crippen molar-refractivity contribution in [3.8, 4) is 11.3 Å². The summed E-state index contributed by atoms with van der Waals surface area (Å²) < 4.78 is 0. The first-order valence-corrected chi connectivity index (χ1v) is 5.35. The number of carbonyl (C=O) groups excluding carboxylic acids is 1. The van der Waals surface area contributed by atoms with Crippen LogP contribution in [0.5, 0.6) is 0 Å². The standard InChI is InChI=1S/C13H9ClN2O/c1-2-10-12(13(14)17)16-11(8-15-10)9-6-4-3-5-7-9/h2-8H,1H2. The zero-order chi connectivity index (χ0) is 12.3. The van der Waals surface area contributed by atoms with Crippen molar-refractivity contribution in [1.82, 2.24) is 9.97 Å². The van der Waals surface area contributed by atoms with Gasteiger partial charge in [-0.05, 0) is 17.7 Å². The highest BCUT2D eigenvalue weighted by Crippen LogP contribution is 2.18. The summed E-state index contributed by atoms with van der Waals surface area (Å²) in [5.74, 6) is 0. The number of hydrogen-bond donors (Lipinski definition) is 0. The Morgan fingerprint density at radius 2 is 2.00 bits per heavy atom. The number of nitrogens with zero attached hydrogens (tertiary/aromatic N) is 2. The summed E-state index contributed by atoms with van der Waals surface area (Å²) in [5, 5.41) is -0.634. The number of rotatable bonds is 3. The molecule has 4 heteroatoms.